The predicted octanol–water partition coefficient (Wildman–Crippen LogP) is 2.94. The molecular formula is C18H26N2O3S. The molecule has 3 rings (SSSR count). The molecule has 0 saturated carbocycles. The van der Waals surface area contributed by atoms with Crippen LogP contribution in [-0.2, 0) is 17.6 Å². The second kappa shape index (κ2) is 6.59. The molecule has 132 valence electrons. The quantitative estimate of drug-likeness (QED) is 0.645. The van der Waals surface area contributed by atoms with Gasteiger partial charge in [0.15, 0.2) is 0 Å². The van der Waals surface area contributed by atoms with E-state index in [1.165, 1.54) is 4.88 Å². The zero-order valence-corrected chi connectivity index (χ0v) is 15.5. The topological polar surface area (TPSA) is 75.8 Å². The van der Waals surface area contributed by atoms with Crippen molar-refractivity contribution >= 4 is 22.9 Å². The van der Waals surface area contributed by atoms with E-state index in [0.29, 0.717) is 25.3 Å². The van der Waals surface area contributed by atoms with E-state index in [1.807, 2.05) is 7.05 Å². The molecule has 0 unspecified atom stereocenters. The van der Waals surface area contributed by atoms with Crippen LogP contribution in [0.5, 0.6) is 0 Å². The Morgan fingerprint density at radius 2 is 2.17 bits per heavy atom. The van der Waals surface area contributed by atoms with Gasteiger partial charge in [0.25, 0.3) is 0 Å². The van der Waals surface area contributed by atoms with Gasteiger partial charge in [-0.1, -0.05) is 13.8 Å². The average Bonchev–Trinajstić information content (AvgIpc) is 2.84. The van der Waals surface area contributed by atoms with E-state index in [2.05, 4.69) is 13.8 Å². The maximum Gasteiger partial charge on any atom is 0.337 e. The number of likely N-dealkylation sites (N-methyl/N-ethyl adjacent to an activating group) is 1. The van der Waals surface area contributed by atoms with Crippen molar-refractivity contribution in [2.45, 2.75) is 39.5 Å². The summed E-state index contributed by atoms with van der Waals surface area (Å²) in [5.74, 6) is 5.02. The fraction of sp³-hybridized carbons (Fsp3) is 0.611. The lowest BCUT2D eigenvalue weighted by Gasteiger charge is -2.29. The number of carboxylic acid groups (broad SMARTS) is 1. The van der Waals surface area contributed by atoms with Crippen molar-refractivity contribution in [2.75, 3.05) is 26.8 Å². The molecule has 1 aromatic heterocycles. The van der Waals surface area contributed by atoms with E-state index >= 15 is 0 Å². The fourth-order valence-electron chi connectivity index (χ4n) is 3.71. The van der Waals surface area contributed by atoms with E-state index < -0.39 is 5.97 Å². The Kier molecular flexibility index (Phi) is 4.84. The average molecular weight is 350 g/mol. The van der Waals surface area contributed by atoms with Crippen LogP contribution in [0.3, 0.4) is 0 Å². The molecule has 0 amide bonds. The zero-order chi connectivity index (χ0) is 17.5. The van der Waals surface area contributed by atoms with Crippen molar-refractivity contribution in [1.29, 1.82) is 0 Å². The number of thiophene rings is 1. The first-order valence-electron chi connectivity index (χ1n) is 8.41. The second-order valence-electron chi connectivity index (χ2n) is 7.65. The van der Waals surface area contributed by atoms with Gasteiger partial charge in [0.2, 0.25) is 0 Å². The summed E-state index contributed by atoms with van der Waals surface area (Å²) < 4.78 is 5.59. The van der Waals surface area contributed by atoms with Gasteiger partial charge in [-0.05, 0) is 47.8 Å². The maximum atomic E-state index is 12.1. The Hall–Kier alpha value is -1.21. The first-order valence-corrected chi connectivity index (χ1v) is 9.23. The Morgan fingerprint density at radius 1 is 1.42 bits per heavy atom. The van der Waals surface area contributed by atoms with Crippen molar-refractivity contribution in [1.82, 2.24) is 5.01 Å². The van der Waals surface area contributed by atoms with Crippen LogP contribution in [0.25, 0.3) is 5.57 Å². The molecule has 2 aliphatic rings. The van der Waals surface area contributed by atoms with Crippen molar-refractivity contribution in [3.63, 3.8) is 0 Å². The van der Waals surface area contributed by atoms with E-state index in [0.717, 1.165) is 47.3 Å². The number of carboxylic acids is 1. The molecule has 0 spiro atoms. The molecule has 24 heavy (non-hydrogen) atoms. The predicted molar refractivity (Wildman–Crippen MR) is 96.3 cm³/mol. The van der Waals surface area contributed by atoms with Crippen molar-refractivity contribution < 1.29 is 14.6 Å². The van der Waals surface area contributed by atoms with Gasteiger partial charge in [0.05, 0.1) is 18.8 Å². The Labute approximate surface area is 147 Å². The number of hydrogen-bond acceptors (Lipinski definition) is 5. The highest BCUT2D eigenvalue weighted by Gasteiger charge is 2.34. The summed E-state index contributed by atoms with van der Waals surface area (Å²) in [6, 6.07) is 0. The van der Waals surface area contributed by atoms with Crippen LogP contribution in [0.1, 0.15) is 52.4 Å². The van der Waals surface area contributed by atoms with Crippen LogP contribution in [-0.4, -0.2) is 42.9 Å². The number of rotatable bonds is 4. The van der Waals surface area contributed by atoms with Gasteiger partial charge in [0.1, 0.15) is 0 Å². The minimum absolute atomic E-state index is 0.167. The highest BCUT2D eigenvalue weighted by Crippen LogP contribution is 2.45. The normalized spacial score (nSPS) is 20.4. The van der Waals surface area contributed by atoms with Gasteiger partial charge in [-0.3, -0.25) is 5.84 Å². The Bertz CT molecular complexity index is 689. The summed E-state index contributed by atoms with van der Waals surface area (Å²) in [5, 5.41) is 11.5. The first-order chi connectivity index (χ1) is 11.3. The first kappa shape index (κ1) is 17.6. The van der Waals surface area contributed by atoms with Crippen LogP contribution in [0, 0.1) is 5.41 Å². The van der Waals surface area contributed by atoms with Gasteiger partial charge in [-0.2, -0.15) is 0 Å². The van der Waals surface area contributed by atoms with Gasteiger partial charge in [0, 0.05) is 23.3 Å². The smallest absolute Gasteiger partial charge is 0.337 e. The molecule has 0 atom stereocenters. The molecule has 2 heterocycles. The van der Waals surface area contributed by atoms with Crippen LogP contribution in [0.4, 0.5) is 0 Å². The number of nitrogens with zero attached hydrogens (tertiary/aromatic N) is 1. The lowest BCUT2D eigenvalue weighted by Crippen LogP contribution is -2.31. The van der Waals surface area contributed by atoms with Crippen LogP contribution in [0.15, 0.2) is 5.57 Å². The number of hydrogen-bond donors (Lipinski definition) is 2. The third-order valence-corrected chi connectivity index (χ3v) is 6.25. The summed E-state index contributed by atoms with van der Waals surface area (Å²) in [4.78, 5) is 14.2. The number of aromatic carboxylic acids is 1. The molecule has 0 saturated heterocycles. The van der Waals surface area contributed by atoms with Crippen molar-refractivity contribution in [3.8, 4) is 0 Å². The zero-order valence-electron chi connectivity index (χ0n) is 14.6. The molecule has 0 radical (unpaired) electrons. The van der Waals surface area contributed by atoms with Crippen LogP contribution in [0.2, 0.25) is 0 Å². The van der Waals surface area contributed by atoms with Gasteiger partial charge >= 0.3 is 5.97 Å². The van der Waals surface area contributed by atoms with E-state index in [1.54, 1.807) is 16.3 Å². The fourth-order valence-corrected chi connectivity index (χ4v) is 5.14. The number of aryl methyl sites for hydroxylation is 1. The monoisotopic (exact) mass is 350 g/mol. The molecule has 0 aromatic carbocycles. The van der Waals surface area contributed by atoms with Crippen molar-refractivity contribution in [2.24, 2.45) is 11.3 Å². The Morgan fingerprint density at radius 3 is 2.83 bits per heavy atom. The van der Waals surface area contributed by atoms with Crippen LogP contribution >= 0.6 is 11.3 Å². The molecule has 1 aliphatic carbocycles. The SMILES string of the molecule is CN(N)CC1=C(c2sc3c(c2C(=O)O)CC(C)(C)CC3)CCOC1. The van der Waals surface area contributed by atoms with Gasteiger partial charge in [-0.15, -0.1) is 11.3 Å². The summed E-state index contributed by atoms with van der Waals surface area (Å²) in [6.07, 6.45) is 3.69. The van der Waals surface area contributed by atoms with Gasteiger partial charge in [-0.25, -0.2) is 9.80 Å². The molecule has 0 fully saturated rings. The molecule has 6 heteroatoms. The number of carbonyl (C=O) groups is 1. The molecule has 5 nitrogen and oxygen atoms in total. The summed E-state index contributed by atoms with van der Waals surface area (Å²) in [6.45, 7) is 6.22. The minimum Gasteiger partial charge on any atom is -0.478 e. The number of nitrogens with two attached hydrogens (primary N) is 1. The number of fused-ring (bicyclic) bond motifs is 1. The highest BCUT2D eigenvalue weighted by molar-refractivity contribution is 7.13. The molecular weight excluding hydrogens is 324 g/mol. The lowest BCUT2D eigenvalue weighted by molar-refractivity contribution is 0.0694. The second-order valence-corrected chi connectivity index (χ2v) is 8.76. The maximum absolute atomic E-state index is 12.1. The van der Waals surface area contributed by atoms with Gasteiger partial charge < -0.3 is 9.84 Å². The molecule has 1 aromatic rings. The largest absolute Gasteiger partial charge is 0.478 e. The molecule has 3 N–H and O–H groups in total. The third-order valence-electron chi connectivity index (χ3n) is 4.90. The van der Waals surface area contributed by atoms with Crippen LogP contribution < -0.4 is 5.84 Å². The van der Waals surface area contributed by atoms with Crippen molar-refractivity contribution in [3.05, 3.63) is 26.5 Å². The number of ether oxygens (including phenoxy) is 1. The minimum atomic E-state index is -0.806. The lowest BCUT2D eigenvalue weighted by atomic mass is 9.75. The molecule has 1 aliphatic heterocycles. The standard InChI is InChI=1S/C18H26N2O3S/c1-18(2)6-4-14-13(8-18)15(17(21)22)16(24-14)12-5-7-23-10-11(12)9-20(3)19/h4-10,19H2,1-3H3,(H,21,22). The number of hydrazine groups is 1. The summed E-state index contributed by atoms with van der Waals surface area (Å²) >= 11 is 1.67. The third kappa shape index (κ3) is 3.42. The Balaban J connectivity index is 2.12. The summed E-state index contributed by atoms with van der Waals surface area (Å²) in [7, 11) is 1.82. The molecule has 0 bridgehead atoms. The van der Waals surface area contributed by atoms with E-state index in [4.69, 9.17) is 10.6 Å². The highest BCUT2D eigenvalue weighted by atomic mass is 32.1. The van der Waals surface area contributed by atoms with E-state index in [9.17, 15) is 9.90 Å². The summed E-state index contributed by atoms with van der Waals surface area (Å²) in [5.41, 5.74) is 3.98. The van der Waals surface area contributed by atoms with E-state index in [-0.39, 0.29) is 5.41 Å².